The lowest BCUT2D eigenvalue weighted by Crippen LogP contribution is -2.54. The van der Waals surface area contributed by atoms with Crippen molar-refractivity contribution in [2.45, 2.75) is 6.61 Å². The number of urea groups is 1. The third kappa shape index (κ3) is 4.74. The Bertz CT molecular complexity index is 1310. The number of amides is 4. The molecule has 0 spiro atoms. The standard InChI is InChI=1S/C24H15Cl2FN2O4/c25-17-6-2-4-8-20(17)29-23(31)16(22(30)28-24(29)32)11-14-9-10-21(18(26)12-14)33-13-15-5-1-3-7-19(15)27/h1-12H,13H2,(H,28,30,32)/b16-11+. The van der Waals surface area contributed by atoms with E-state index in [-0.39, 0.29) is 27.9 Å². The van der Waals surface area contributed by atoms with Crippen LogP contribution < -0.4 is 15.0 Å². The van der Waals surface area contributed by atoms with Crippen molar-refractivity contribution in [1.29, 1.82) is 0 Å². The molecule has 0 saturated carbocycles. The minimum absolute atomic E-state index is 0.0252. The van der Waals surface area contributed by atoms with E-state index in [1.54, 1.807) is 36.4 Å². The van der Waals surface area contributed by atoms with Gasteiger partial charge >= 0.3 is 6.03 Å². The van der Waals surface area contributed by atoms with Gasteiger partial charge in [-0.2, -0.15) is 0 Å². The number of anilines is 1. The second-order valence-corrected chi connectivity index (χ2v) is 7.79. The molecule has 1 heterocycles. The molecule has 3 aromatic carbocycles. The highest BCUT2D eigenvalue weighted by molar-refractivity contribution is 6.42. The van der Waals surface area contributed by atoms with Crippen molar-refractivity contribution in [2.75, 3.05) is 4.90 Å². The Hall–Kier alpha value is -3.68. The van der Waals surface area contributed by atoms with Crippen LogP contribution in [-0.2, 0) is 16.2 Å². The van der Waals surface area contributed by atoms with Crippen LogP contribution in [0.4, 0.5) is 14.9 Å². The van der Waals surface area contributed by atoms with Gasteiger partial charge in [-0.25, -0.2) is 14.1 Å². The predicted molar refractivity (Wildman–Crippen MR) is 123 cm³/mol. The number of carbonyl (C=O) groups excluding carboxylic acids is 3. The Morgan fingerprint density at radius 2 is 1.67 bits per heavy atom. The molecule has 9 heteroatoms. The molecule has 1 aliphatic rings. The van der Waals surface area contributed by atoms with Crippen LogP contribution >= 0.6 is 23.2 Å². The van der Waals surface area contributed by atoms with E-state index in [2.05, 4.69) is 5.32 Å². The zero-order valence-corrected chi connectivity index (χ0v) is 18.4. The van der Waals surface area contributed by atoms with Crippen molar-refractivity contribution in [3.05, 3.63) is 99.3 Å². The summed E-state index contributed by atoms with van der Waals surface area (Å²) in [6.07, 6.45) is 1.31. The van der Waals surface area contributed by atoms with Crippen molar-refractivity contribution in [1.82, 2.24) is 5.32 Å². The number of nitrogens with zero attached hydrogens (tertiary/aromatic N) is 1. The van der Waals surface area contributed by atoms with Gasteiger partial charge in [0, 0.05) is 5.56 Å². The first-order valence-corrected chi connectivity index (χ1v) is 10.4. The average molecular weight is 485 g/mol. The number of ether oxygens (including phenoxy) is 1. The second kappa shape index (κ2) is 9.44. The van der Waals surface area contributed by atoms with Gasteiger partial charge in [-0.05, 0) is 42.0 Å². The molecule has 0 radical (unpaired) electrons. The molecule has 166 valence electrons. The number of carbonyl (C=O) groups is 3. The van der Waals surface area contributed by atoms with Crippen LogP contribution in [0.3, 0.4) is 0 Å². The van der Waals surface area contributed by atoms with Gasteiger partial charge in [-0.1, -0.05) is 59.6 Å². The van der Waals surface area contributed by atoms with Gasteiger partial charge in [0.05, 0.1) is 15.7 Å². The fourth-order valence-electron chi connectivity index (χ4n) is 3.17. The van der Waals surface area contributed by atoms with Crippen LogP contribution in [0.5, 0.6) is 5.75 Å². The van der Waals surface area contributed by atoms with Crippen LogP contribution in [-0.4, -0.2) is 17.8 Å². The van der Waals surface area contributed by atoms with Crippen LogP contribution in [0.25, 0.3) is 6.08 Å². The maximum atomic E-state index is 13.8. The third-order valence-corrected chi connectivity index (χ3v) is 5.42. The summed E-state index contributed by atoms with van der Waals surface area (Å²) in [6, 6.07) is 16.2. The summed E-state index contributed by atoms with van der Waals surface area (Å²) < 4.78 is 19.4. The molecule has 0 bridgehead atoms. The molecule has 0 atom stereocenters. The molecule has 0 aliphatic carbocycles. The van der Waals surface area contributed by atoms with Gasteiger partial charge in [0.15, 0.2) is 0 Å². The first kappa shape index (κ1) is 22.5. The number of halogens is 3. The van der Waals surface area contributed by atoms with Crippen LogP contribution in [0.2, 0.25) is 10.0 Å². The molecule has 0 aromatic heterocycles. The lowest BCUT2D eigenvalue weighted by molar-refractivity contribution is -0.122. The zero-order chi connectivity index (χ0) is 23.5. The molecule has 6 nitrogen and oxygen atoms in total. The maximum Gasteiger partial charge on any atom is 0.335 e. The summed E-state index contributed by atoms with van der Waals surface area (Å²) in [5, 5.41) is 2.51. The zero-order valence-electron chi connectivity index (χ0n) is 16.8. The average Bonchev–Trinajstić information content (AvgIpc) is 2.78. The molecule has 33 heavy (non-hydrogen) atoms. The van der Waals surface area contributed by atoms with E-state index in [0.717, 1.165) is 4.90 Å². The molecular formula is C24H15Cl2FN2O4. The van der Waals surface area contributed by atoms with Gasteiger partial charge < -0.3 is 4.74 Å². The lowest BCUT2D eigenvalue weighted by Gasteiger charge is -2.27. The monoisotopic (exact) mass is 484 g/mol. The van der Waals surface area contributed by atoms with Crippen molar-refractivity contribution in [3.63, 3.8) is 0 Å². The van der Waals surface area contributed by atoms with Crippen LogP contribution in [0.15, 0.2) is 72.3 Å². The van der Waals surface area contributed by atoms with E-state index < -0.39 is 23.7 Å². The summed E-state index contributed by atoms with van der Waals surface area (Å²) in [7, 11) is 0. The number of benzene rings is 3. The predicted octanol–water partition coefficient (Wildman–Crippen LogP) is 5.38. The van der Waals surface area contributed by atoms with E-state index >= 15 is 0 Å². The number of para-hydroxylation sites is 1. The summed E-state index contributed by atoms with van der Waals surface area (Å²) in [4.78, 5) is 38.4. The van der Waals surface area contributed by atoms with Gasteiger partial charge in [-0.15, -0.1) is 0 Å². The SMILES string of the molecule is O=C1NC(=O)N(c2ccccc2Cl)C(=O)/C1=C/c1ccc(OCc2ccccc2F)c(Cl)c1. The topological polar surface area (TPSA) is 75.7 Å². The summed E-state index contributed by atoms with van der Waals surface area (Å²) in [5.74, 6) is -1.76. The Labute approximate surface area is 198 Å². The summed E-state index contributed by atoms with van der Waals surface area (Å²) >= 11 is 12.4. The Kier molecular flexibility index (Phi) is 6.44. The van der Waals surface area contributed by atoms with Gasteiger partial charge in [0.25, 0.3) is 11.8 Å². The lowest BCUT2D eigenvalue weighted by atomic mass is 10.1. The normalized spacial score (nSPS) is 15.1. The fraction of sp³-hybridized carbons (Fsp3) is 0.0417. The van der Waals surface area contributed by atoms with Crippen molar-refractivity contribution < 1.29 is 23.5 Å². The number of rotatable bonds is 5. The third-order valence-electron chi connectivity index (χ3n) is 4.80. The van der Waals surface area contributed by atoms with E-state index in [4.69, 9.17) is 27.9 Å². The molecule has 1 saturated heterocycles. The molecular weight excluding hydrogens is 470 g/mol. The Morgan fingerprint density at radius 1 is 0.939 bits per heavy atom. The number of nitrogens with one attached hydrogen (secondary N) is 1. The molecule has 4 amide bonds. The number of barbiturate groups is 1. The van der Waals surface area contributed by atoms with Crippen LogP contribution in [0.1, 0.15) is 11.1 Å². The molecule has 1 aliphatic heterocycles. The highest BCUT2D eigenvalue weighted by atomic mass is 35.5. The minimum Gasteiger partial charge on any atom is -0.487 e. The van der Waals surface area contributed by atoms with Crippen molar-refractivity contribution in [3.8, 4) is 5.75 Å². The van der Waals surface area contributed by atoms with Crippen molar-refractivity contribution in [2.24, 2.45) is 0 Å². The van der Waals surface area contributed by atoms with Crippen LogP contribution in [0, 0.1) is 5.82 Å². The number of imide groups is 2. The van der Waals surface area contributed by atoms with E-state index in [9.17, 15) is 18.8 Å². The Balaban J connectivity index is 1.58. The fourth-order valence-corrected chi connectivity index (χ4v) is 3.63. The highest BCUT2D eigenvalue weighted by Gasteiger charge is 2.37. The molecule has 1 N–H and O–H groups in total. The van der Waals surface area contributed by atoms with Gasteiger partial charge in [-0.3, -0.25) is 14.9 Å². The molecule has 3 aromatic rings. The second-order valence-electron chi connectivity index (χ2n) is 6.98. The number of hydrogen-bond acceptors (Lipinski definition) is 4. The first-order valence-electron chi connectivity index (χ1n) is 9.67. The number of hydrogen-bond donors (Lipinski definition) is 1. The van der Waals surface area contributed by atoms with E-state index in [0.29, 0.717) is 16.9 Å². The summed E-state index contributed by atoms with van der Waals surface area (Å²) in [6.45, 7) is -0.0252. The largest absolute Gasteiger partial charge is 0.487 e. The minimum atomic E-state index is -0.898. The molecule has 4 rings (SSSR count). The van der Waals surface area contributed by atoms with Crippen molar-refractivity contribution >= 4 is 52.8 Å². The van der Waals surface area contributed by atoms with E-state index in [1.807, 2.05) is 0 Å². The maximum absolute atomic E-state index is 13.8. The smallest absolute Gasteiger partial charge is 0.335 e. The molecule has 0 unspecified atom stereocenters. The highest BCUT2D eigenvalue weighted by Crippen LogP contribution is 2.30. The van der Waals surface area contributed by atoms with Gasteiger partial charge in [0.1, 0.15) is 23.7 Å². The van der Waals surface area contributed by atoms with Gasteiger partial charge in [0.2, 0.25) is 0 Å². The summed E-state index contributed by atoms with van der Waals surface area (Å²) in [5.41, 5.74) is 0.666. The quantitative estimate of drug-likeness (QED) is 0.389. The first-order chi connectivity index (χ1) is 15.8. The Morgan fingerprint density at radius 3 is 2.39 bits per heavy atom. The molecule has 1 fully saturated rings. The van der Waals surface area contributed by atoms with E-state index in [1.165, 1.54) is 36.4 Å².